The minimum Gasteiger partial charge on any atom is -0.310 e. The Hall–Kier alpha value is -8.20. The van der Waals surface area contributed by atoms with Crippen molar-refractivity contribution >= 4 is 66.4 Å². The lowest BCUT2D eigenvalue weighted by Crippen LogP contribution is -2.16. The average molecular weight is 883 g/mol. The highest BCUT2D eigenvalue weighted by atomic mass is 15.1. The van der Waals surface area contributed by atoms with E-state index in [0.29, 0.717) is 0 Å². The highest BCUT2D eigenvalue weighted by Gasteiger charge is 2.37. The Labute approximate surface area is 404 Å². The van der Waals surface area contributed by atoms with Crippen molar-refractivity contribution in [1.82, 2.24) is 0 Å². The second-order valence-electron chi connectivity index (χ2n) is 20.5. The molecule has 3 aliphatic rings. The molecule has 0 amide bonds. The van der Waals surface area contributed by atoms with Crippen molar-refractivity contribution in [2.45, 2.75) is 44.9 Å². The Balaban J connectivity index is 0.939. The minimum absolute atomic E-state index is 0.0479. The zero-order chi connectivity index (χ0) is 46.2. The molecule has 2 nitrogen and oxygen atoms in total. The second-order valence-corrected chi connectivity index (χ2v) is 20.5. The van der Waals surface area contributed by atoms with E-state index in [1.54, 1.807) is 0 Å². The number of hydrogen-bond donors (Lipinski definition) is 0. The maximum Gasteiger partial charge on any atom is 0.0546 e. The molecule has 0 radical (unpaired) electrons. The van der Waals surface area contributed by atoms with Gasteiger partial charge in [-0.1, -0.05) is 173 Å². The van der Waals surface area contributed by atoms with Crippen molar-refractivity contribution in [2.24, 2.45) is 0 Å². The molecule has 0 aromatic heterocycles. The van der Waals surface area contributed by atoms with Crippen LogP contribution >= 0.6 is 0 Å². The van der Waals surface area contributed by atoms with Crippen LogP contribution in [0, 0.1) is 0 Å². The van der Waals surface area contributed by atoms with Crippen LogP contribution in [-0.4, -0.2) is 0 Å². The van der Waals surface area contributed by atoms with Crippen molar-refractivity contribution in [1.29, 1.82) is 0 Å². The molecule has 69 heavy (non-hydrogen) atoms. The summed E-state index contributed by atoms with van der Waals surface area (Å²) in [6.45, 7) is 9.45. The zero-order valence-corrected chi connectivity index (χ0v) is 39.4. The van der Waals surface area contributed by atoms with Crippen LogP contribution in [0.25, 0.3) is 65.7 Å². The number of hydrogen-bond acceptors (Lipinski definition) is 2. The molecule has 0 unspecified atom stereocenters. The Morgan fingerprint density at radius 3 is 1.55 bits per heavy atom. The van der Waals surface area contributed by atoms with Gasteiger partial charge in [-0.3, -0.25) is 0 Å². The Bertz CT molecular complexity index is 3930. The van der Waals surface area contributed by atoms with Crippen LogP contribution in [0.4, 0.5) is 34.1 Å². The zero-order valence-electron chi connectivity index (χ0n) is 39.4. The SMILES string of the molecule is CC1(C)c2ccccc2-c2cc(N(c3ccccc3)c3ccc4c(c3)Cc3cccc5c3c-4cc3c4ccccc4c(N(c4ccccc4)c4ccc6c(c4)C(C)(C)c4ccccc4-6)cc53)ccc21. The lowest BCUT2D eigenvalue weighted by atomic mass is 9.81. The first kappa shape index (κ1) is 39.9. The van der Waals surface area contributed by atoms with E-state index in [1.165, 1.54) is 105 Å². The van der Waals surface area contributed by atoms with Crippen LogP contribution in [0.5, 0.6) is 0 Å². The molecule has 0 heterocycles. The smallest absolute Gasteiger partial charge is 0.0546 e. The molecule has 0 atom stereocenters. The van der Waals surface area contributed by atoms with Crippen LogP contribution in [0.3, 0.4) is 0 Å². The van der Waals surface area contributed by atoms with Gasteiger partial charge in [-0.2, -0.15) is 0 Å². The summed E-state index contributed by atoms with van der Waals surface area (Å²) in [6, 6.07) is 82.1. The van der Waals surface area contributed by atoms with Crippen molar-refractivity contribution in [2.75, 3.05) is 9.80 Å². The molecule has 14 rings (SSSR count). The minimum atomic E-state index is -0.116. The van der Waals surface area contributed by atoms with Crippen LogP contribution in [0.2, 0.25) is 0 Å². The molecule has 2 heteroatoms. The van der Waals surface area contributed by atoms with E-state index in [-0.39, 0.29) is 10.8 Å². The van der Waals surface area contributed by atoms with Gasteiger partial charge in [0.05, 0.1) is 5.69 Å². The van der Waals surface area contributed by atoms with E-state index in [0.717, 1.165) is 34.9 Å². The number of fused-ring (bicyclic) bond motifs is 12. The molecular weight excluding hydrogens is 833 g/mol. The topological polar surface area (TPSA) is 6.48 Å². The number of rotatable bonds is 6. The number of benzene rings is 11. The molecule has 0 aliphatic heterocycles. The predicted octanol–water partition coefficient (Wildman–Crippen LogP) is 18.3. The van der Waals surface area contributed by atoms with Crippen LogP contribution in [0.15, 0.2) is 218 Å². The van der Waals surface area contributed by atoms with Gasteiger partial charge in [-0.15, -0.1) is 0 Å². The van der Waals surface area contributed by atoms with Gasteiger partial charge in [-0.05, 0) is 173 Å². The molecule has 0 bridgehead atoms. The van der Waals surface area contributed by atoms with E-state index in [9.17, 15) is 0 Å². The molecule has 0 fully saturated rings. The summed E-state index contributed by atoms with van der Waals surface area (Å²) >= 11 is 0. The third-order valence-electron chi connectivity index (χ3n) is 16.0. The van der Waals surface area contributed by atoms with Crippen molar-refractivity contribution in [3.8, 4) is 33.4 Å². The molecule has 0 N–H and O–H groups in total. The second kappa shape index (κ2) is 14.6. The van der Waals surface area contributed by atoms with E-state index in [2.05, 4.69) is 256 Å². The molecule has 3 aliphatic carbocycles. The van der Waals surface area contributed by atoms with Gasteiger partial charge < -0.3 is 9.80 Å². The number of anilines is 6. The Morgan fingerprint density at radius 1 is 0.290 bits per heavy atom. The Morgan fingerprint density at radius 2 is 0.812 bits per heavy atom. The highest BCUT2D eigenvalue weighted by molar-refractivity contribution is 6.25. The van der Waals surface area contributed by atoms with E-state index >= 15 is 0 Å². The summed E-state index contributed by atoms with van der Waals surface area (Å²) in [5, 5.41) is 7.68. The van der Waals surface area contributed by atoms with Gasteiger partial charge in [0.15, 0.2) is 0 Å². The van der Waals surface area contributed by atoms with Crippen LogP contribution in [0.1, 0.15) is 61.1 Å². The summed E-state index contributed by atoms with van der Waals surface area (Å²) in [7, 11) is 0. The van der Waals surface area contributed by atoms with Crippen LogP contribution < -0.4 is 9.80 Å². The van der Waals surface area contributed by atoms with Gasteiger partial charge in [0.25, 0.3) is 0 Å². The molecule has 328 valence electrons. The number of nitrogens with zero attached hydrogens (tertiary/aromatic N) is 2. The molecule has 0 saturated heterocycles. The first-order valence-electron chi connectivity index (χ1n) is 24.5. The fourth-order valence-electron chi connectivity index (χ4n) is 12.7. The molecule has 11 aromatic rings. The maximum atomic E-state index is 2.50. The largest absolute Gasteiger partial charge is 0.310 e. The summed E-state index contributed by atoms with van der Waals surface area (Å²) in [6.07, 6.45) is 0.858. The Kier molecular flexibility index (Phi) is 8.48. The van der Waals surface area contributed by atoms with Gasteiger partial charge in [0, 0.05) is 44.7 Å². The van der Waals surface area contributed by atoms with Gasteiger partial charge in [-0.25, -0.2) is 0 Å². The molecule has 0 saturated carbocycles. The predicted molar refractivity (Wildman–Crippen MR) is 292 cm³/mol. The molecular formula is C67H50N2. The van der Waals surface area contributed by atoms with Gasteiger partial charge >= 0.3 is 0 Å². The average Bonchev–Trinajstić information content (AvgIpc) is 3.76. The van der Waals surface area contributed by atoms with E-state index in [1.807, 2.05) is 0 Å². The van der Waals surface area contributed by atoms with Crippen molar-refractivity contribution in [3.63, 3.8) is 0 Å². The fourth-order valence-corrected chi connectivity index (χ4v) is 12.7. The number of para-hydroxylation sites is 2. The lowest BCUT2D eigenvalue weighted by Gasteiger charge is -2.30. The summed E-state index contributed by atoms with van der Waals surface area (Å²) < 4.78 is 0. The van der Waals surface area contributed by atoms with Gasteiger partial charge in [0.2, 0.25) is 0 Å². The first-order valence-corrected chi connectivity index (χ1v) is 24.5. The first-order chi connectivity index (χ1) is 33.7. The molecule has 0 spiro atoms. The lowest BCUT2D eigenvalue weighted by molar-refractivity contribution is 0.660. The van der Waals surface area contributed by atoms with E-state index in [4.69, 9.17) is 0 Å². The fraction of sp³-hybridized carbons (Fsp3) is 0.104. The van der Waals surface area contributed by atoms with Crippen molar-refractivity contribution < 1.29 is 0 Å². The van der Waals surface area contributed by atoms with E-state index < -0.39 is 0 Å². The summed E-state index contributed by atoms with van der Waals surface area (Å²) in [4.78, 5) is 4.94. The maximum absolute atomic E-state index is 2.50. The van der Waals surface area contributed by atoms with Gasteiger partial charge in [0.1, 0.15) is 0 Å². The van der Waals surface area contributed by atoms with Crippen LogP contribution in [-0.2, 0) is 17.3 Å². The quantitative estimate of drug-likeness (QED) is 0.154. The highest BCUT2D eigenvalue weighted by Crippen LogP contribution is 2.54. The molecule has 11 aromatic carbocycles. The third kappa shape index (κ3) is 5.79. The summed E-state index contributed by atoms with van der Waals surface area (Å²) in [5.41, 5.74) is 23.0. The monoisotopic (exact) mass is 882 g/mol. The standard InChI is InChI=1S/C67H50N2/c1-66(2)61-29-16-14-25-52(61)58-38-47(32-35-62(58)66)68(44-19-7-5-8-20-44)46-30-33-49-43(37-46)36-42-18-17-27-55-57-41-64(54-26-12-11-23-50(54)56(57)40-59(49)65(42)55)69(45-21-9-6-10-22-45)48-31-34-53-51-24-13-15-28-60(51)67(3,4)63(53)39-48/h5-35,37-41H,36H2,1-4H3. The normalized spacial score (nSPS) is 14.3. The summed E-state index contributed by atoms with van der Waals surface area (Å²) in [5.74, 6) is 0. The third-order valence-corrected chi connectivity index (χ3v) is 16.0. The van der Waals surface area contributed by atoms with Crippen molar-refractivity contribution in [3.05, 3.63) is 252 Å².